The van der Waals surface area contributed by atoms with Gasteiger partial charge in [0.1, 0.15) is 0 Å². The van der Waals surface area contributed by atoms with E-state index in [0.717, 1.165) is 35.8 Å². The van der Waals surface area contributed by atoms with Crippen molar-refractivity contribution in [1.82, 2.24) is 10.2 Å². The highest BCUT2D eigenvalue weighted by Crippen LogP contribution is 2.23. The van der Waals surface area contributed by atoms with Crippen molar-refractivity contribution in [1.29, 1.82) is 0 Å². The van der Waals surface area contributed by atoms with Crippen LogP contribution >= 0.6 is 22.9 Å². The Morgan fingerprint density at radius 2 is 2.04 bits per heavy atom. The third-order valence-corrected chi connectivity index (χ3v) is 6.82. The number of benzene rings is 1. The number of hydrogen-bond donors (Lipinski definition) is 1. The molecule has 3 rings (SSSR count). The Kier molecular flexibility index (Phi) is 7.11. The molecular formula is C19H23ClN2O4S2. The van der Waals surface area contributed by atoms with Crippen LogP contribution in [0.2, 0.25) is 4.34 Å². The summed E-state index contributed by atoms with van der Waals surface area (Å²) in [5, 5.41) is 2.91. The standard InChI is InChI=1S/C19H23ClN2O4S2/c1-28(24,25)17-5-2-14(3-6-17)10-19(23)21-11-15-12-22(8-9-26-15)13-16-4-7-18(20)27-16/h2-7,15H,8-13H2,1H3,(H,21,23). The van der Waals surface area contributed by atoms with Crippen molar-refractivity contribution in [2.24, 2.45) is 0 Å². The van der Waals surface area contributed by atoms with Gasteiger partial charge in [-0.3, -0.25) is 9.69 Å². The smallest absolute Gasteiger partial charge is 0.224 e. The zero-order valence-corrected chi connectivity index (χ0v) is 17.9. The van der Waals surface area contributed by atoms with Gasteiger partial charge in [0.2, 0.25) is 5.91 Å². The summed E-state index contributed by atoms with van der Waals surface area (Å²) in [6.07, 6.45) is 1.31. The van der Waals surface area contributed by atoms with Gasteiger partial charge in [-0.1, -0.05) is 23.7 Å². The molecule has 0 saturated carbocycles. The lowest BCUT2D eigenvalue weighted by molar-refractivity contribution is -0.121. The molecule has 0 radical (unpaired) electrons. The van der Waals surface area contributed by atoms with Gasteiger partial charge in [-0.25, -0.2) is 8.42 Å². The molecule has 1 aromatic heterocycles. The molecule has 9 heteroatoms. The number of carbonyl (C=O) groups excluding carboxylic acids is 1. The molecular weight excluding hydrogens is 420 g/mol. The average molecular weight is 443 g/mol. The Morgan fingerprint density at radius 3 is 2.68 bits per heavy atom. The van der Waals surface area contributed by atoms with E-state index in [1.54, 1.807) is 23.5 Å². The minimum Gasteiger partial charge on any atom is -0.374 e. The second-order valence-electron chi connectivity index (χ2n) is 6.83. The second kappa shape index (κ2) is 9.37. The van der Waals surface area contributed by atoms with Gasteiger partial charge in [-0.05, 0) is 29.8 Å². The van der Waals surface area contributed by atoms with Crippen molar-refractivity contribution >= 4 is 38.7 Å². The van der Waals surface area contributed by atoms with Crippen molar-refractivity contribution in [3.05, 3.63) is 51.2 Å². The minimum atomic E-state index is -3.23. The molecule has 1 atom stereocenters. The highest BCUT2D eigenvalue weighted by Gasteiger charge is 2.21. The third-order valence-electron chi connectivity index (χ3n) is 4.47. The second-order valence-corrected chi connectivity index (χ2v) is 10.6. The number of morpholine rings is 1. The van der Waals surface area contributed by atoms with E-state index in [1.165, 1.54) is 17.0 Å². The number of sulfone groups is 1. The first-order valence-electron chi connectivity index (χ1n) is 8.93. The van der Waals surface area contributed by atoms with Gasteiger partial charge in [-0.15, -0.1) is 11.3 Å². The first-order chi connectivity index (χ1) is 13.3. The Morgan fingerprint density at radius 1 is 1.29 bits per heavy atom. The van der Waals surface area contributed by atoms with Crippen LogP contribution in [0.25, 0.3) is 0 Å². The van der Waals surface area contributed by atoms with Crippen LogP contribution in [0.4, 0.5) is 0 Å². The Balaban J connectivity index is 1.44. The number of thiophene rings is 1. The molecule has 1 unspecified atom stereocenters. The molecule has 1 saturated heterocycles. The van der Waals surface area contributed by atoms with E-state index >= 15 is 0 Å². The van der Waals surface area contributed by atoms with Crippen molar-refractivity contribution in [3.8, 4) is 0 Å². The number of carbonyl (C=O) groups is 1. The van der Waals surface area contributed by atoms with Crippen LogP contribution in [0.5, 0.6) is 0 Å². The van der Waals surface area contributed by atoms with E-state index in [4.69, 9.17) is 16.3 Å². The molecule has 0 spiro atoms. The molecule has 1 amide bonds. The first kappa shape index (κ1) is 21.3. The number of nitrogens with one attached hydrogen (secondary N) is 1. The molecule has 1 aliphatic heterocycles. The summed E-state index contributed by atoms with van der Waals surface area (Å²) in [4.78, 5) is 16.0. The van der Waals surface area contributed by atoms with E-state index < -0.39 is 9.84 Å². The lowest BCUT2D eigenvalue weighted by Crippen LogP contribution is -2.47. The summed E-state index contributed by atoms with van der Waals surface area (Å²) in [5.74, 6) is -0.113. The molecule has 1 N–H and O–H groups in total. The predicted molar refractivity (Wildman–Crippen MR) is 111 cm³/mol. The van der Waals surface area contributed by atoms with Crippen LogP contribution < -0.4 is 5.32 Å². The lowest BCUT2D eigenvalue weighted by Gasteiger charge is -2.32. The molecule has 1 aliphatic rings. The van der Waals surface area contributed by atoms with Crippen LogP contribution in [0.1, 0.15) is 10.4 Å². The van der Waals surface area contributed by atoms with Crippen LogP contribution in [0.15, 0.2) is 41.3 Å². The summed E-state index contributed by atoms with van der Waals surface area (Å²) in [5.41, 5.74) is 0.769. The maximum absolute atomic E-state index is 12.2. The molecule has 152 valence electrons. The zero-order valence-electron chi connectivity index (χ0n) is 15.6. The van der Waals surface area contributed by atoms with E-state index in [1.807, 2.05) is 12.1 Å². The number of ether oxygens (including phenoxy) is 1. The fourth-order valence-corrected chi connectivity index (χ4v) is 4.80. The van der Waals surface area contributed by atoms with Gasteiger partial charge in [0.05, 0.1) is 28.4 Å². The summed E-state index contributed by atoms with van der Waals surface area (Å²) >= 11 is 7.57. The van der Waals surface area contributed by atoms with E-state index in [0.29, 0.717) is 13.2 Å². The molecule has 28 heavy (non-hydrogen) atoms. The van der Waals surface area contributed by atoms with Crippen molar-refractivity contribution in [2.45, 2.75) is 24.0 Å². The molecule has 0 aliphatic carbocycles. The van der Waals surface area contributed by atoms with Gasteiger partial charge in [0, 0.05) is 37.3 Å². The third kappa shape index (κ3) is 6.28. The monoisotopic (exact) mass is 442 g/mol. The topological polar surface area (TPSA) is 75.7 Å². The maximum Gasteiger partial charge on any atom is 0.224 e. The van der Waals surface area contributed by atoms with Crippen LogP contribution in [-0.2, 0) is 32.3 Å². The normalized spacial score (nSPS) is 18.1. The van der Waals surface area contributed by atoms with Gasteiger partial charge < -0.3 is 10.1 Å². The van der Waals surface area contributed by atoms with Crippen LogP contribution in [0.3, 0.4) is 0 Å². The van der Waals surface area contributed by atoms with E-state index in [-0.39, 0.29) is 23.3 Å². The van der Waals surface area contributed by atoms with Gasteiger partial charge in [0.25, 0.3) is 0 Å². The van der Waals surface area contributed by atoms with Gasteiger partial charge in [-0.2, -0.15) is 0 Å². The summed E-state index contributed by atoms with van der Waals surface area (Å²) in [6, 6.07) is 10.3. The van der Waals surface area contributed by atoms with Crippen molar-refractivity contribution in [3.63, 3.8) is 0 Å². The van der Waals surface area contributed by atoms with E-state index in [2.05, 4.69) is 10.2 Å². The molecule has 0 bridgehead atoms. The number of hydrogen-bond acceptors (Lipinski definition) is 6. The predicted octanol–water partition coefficient (Wildman–Crippen LogP) is 2.36. The SMILES string of the molecule is CS(=O)(=O)c1ccc(CC(=O)NCC2CN(Cc3ccc(Cl)s3)CCO2)cc1. The number of rotatable bonds is 7. The van der Waals surface area contributed by atoms with Crippen molar-refractivity contribution < 1.29 is 17.9 Å². The number of halogens is 1. The van der Waals surface area contributed by atoms with Gasteiger partial charge in [0.15, 0.2) is 9.84 Å². The Labute approximate surface area is 174 Å². The lowest BCUT2D eigenvalue weighted by atomic mass is 10.1. The van der Waals surface area contributed by atoms with Crippen molar-refractivity contribution in [2.75, 3.05) is 32.5 Å². The number of amides is 1. The minimum absolute atomic E-state index is 0.0549. The highest BCUT2D eigenvalue weighted by molar-refractivity contribution is 7.90. The first-order valence-corrected chi connectivity index (χ1v) is 12.0. The zero-order chi connectivity index (χ0) is 20.1. The fraction of sp³-hybridized carbons (Fsp3) is 0.421. The fourth-order valence-electron chi connectivity index (χ4n) is 3.03. The highest BCUT2D eigenvalue weighted by atomic mass is 35.5. The Hall–Kier alpha value is -1.45. The summed E-state index contributed by atoms with van der Waals surface area (Å²) in [7, 11) is -3.23. The molecule has 6 nitrogen and oxygen atoms in total. The Bertz CT molecular complexity index is 912. The van der Waals surface area contributed by atoms with Crippen LogP contribution in [-0.4, -0.2) is 57.8 Å². The number of nitrogens with zero attached hydrogens (tertiary/aromatic N) is 1. The molecule has 1 fully saturated rings. The molecule has 1 aromatic carbocycles. The maximum atomic E-state index is 12.2. The molecule has 2 heterocycles. The van der Waals surface area contributed by atoms with Crippen LogP contribution in [0, 0.1) is 0 Å². The summed E-state index contributed by atoms with van der Waals surface area (Å²) in [6.45, 7) is 3.51. The summed E-state index contributed by atoms with van der Waals surface area (Å²) < 4.78 is 29.5. The van der Waals surface area contributed by atoms with Gasteiger partial charge >= 0.3 is 0 Å². The quantitative estimate of drug-likeness (QED) is 0.712. The largest absolute Gasteiger partial charge is 0.374 e. The average Bonchev–Trinajstić information content (AvgIpc) is 3.05. The van der Waals surface area contributed by atoms with E-state index in [9.17, 15) is 13.2 Å². The molecule has 2 aromatic rings.